The fourth-order valence-electron chi connectivity index (χ4n) is 3.85. The van der Waals surface area contributed by atoms with Crippen molar-refractivity contribution in [2.45, 2.75) is 52.3 Å². The van der Waals surface area contributed by atoms with Crippen molar-refractivity contribution in [3.05, 3.63) is 52.5 Å². The van der Waals surface area contributed by atoms with E-state index in [1.165, 1.54) is 16.7 Å². The molecule has 4 rings (SSSR count). The molecule has 43 heavy (non-hydrogen) atoms. The topological polar surface area (TPSA) is 201 Å². The molecule has 2 aromatic rings. The molecule has 14 nitrogen and oxygen atoms in total. The number of anilines is 1. The number of benzene rings is 1. The van der Waals surface area contributed by atoms with Crippen LogP contribution in [0.5, 0.6) is 0 Å². The summed E-state index contributed by atoms with van der Waals surface area (Å²) >= 11 is 2.24. The summed E-state index contributed by atoms with van der Waals surface area (Å²) in [6, 6.07) is 6.39. The van der Waals surface area contributed by atoms with Gasteiger partial charge in [-0.1, -0.05) is 29.4 Å². The molecule has 5 N–H and O–H groups in total. The predicted octanol–water partition coefficient (Wildman–Crippen LogP) is 1.69. The SMILES string of the molecule is CC1=C(C(=O)OCOC(=O)C(C)(C)C)N2C(=O)C(NC(=O)/C(=N/OCc3ccc(CN)cc3)c3nsc(N)n3)C2SC1.Cl. The lowest BCUT2D eigenvalue weighted by molar-refractivity contribution is -0.173. The number of hydrogen-bond acceptors (Lipinski definition) is 14. The van der Waals surface area contributed by atoms with Crippen LogP contribution in [0.3, 0.4) is 0 Å². The van der Waals surface area contributed by atoms with Gasteiger partial charge in [-0.3, -0.25) is 19.3 Å². The van der Waals surface area contributed by atoms with E-state index in [1.807, 2.05) is 24.3 Å². The minimum Gasteiger partial charge on any atom is -0.427 e. The molecule has 1 aromatic carbocycles. The largest absolute Gasteiger partial charge is 0.427 e. The van der Waals surface area contributed by atoms with Gasteiger partial charge < -0.3 is 31.1 Å². The second-order valence-corrected chi connectivity index (χ2v) is 12.3. The van der Waals surface area contributed by atoms with Gasteiger partial charge >= 0.3 is 11.9 Å². The summed E-state index contributed by atoms with van der Waals surface area (Å²) in [6.45, 7) is 6.57. The first kappa shape index (κ1) is 33.8. The van der Waals surface area contributed by atoms with Gasteiger partial charge in [0.2, 0.25) is 18.3 Å². The number of carbonyl (C=O) groups is 4. The lowest BCUT2D eigenvalue weighted by Gasteiger charge is -2.49. The monoisotopic (exact) mass is 653 g/mol. The molecule has 0 spiro atoms. The zero-order valence-electron chi connectivity index (χ0n) is 23.8. The molecule has 0 aliphatic carbocycles. The highest BCUT2D eigenvalue weighted by Gasteiger charge is 2.54. The van der Waals surface area contributed by atoms with Gasteiger partial charge in [-0.25, -0.2) is 4.79 Å². The van der Waals surface area contributed by atoms with Gasteiger partial charge in [0.25, 0.3) is 11.8 Å². The van der Waals surface area contributed by atoms with Crippen LogP contribution >= 0.6 is 35.7 Å². The fraction of sp³-hybridized carbons (Fsp3) is 0.423. The molecule has 2 aliphatic heterocycles. The molecule has 2 aliphatic rings. The van der Waals surface area contributed by atoms with Crippen molar-refractivity contribution in [3.8, 4) is 0 Å². The third-order valence-corrected chi connectivity index (χ3v) is 8.11. The normalized spacial score (nSPS) is 18.2. The maximum Gasteiger partial charge on any atom is 0.357 e. The quantitative estimate of drug-likeness (QED) is 0.110. The van der Waals surface area contributed by atoms with Crippen LogP contribution in [-0.2, 0) is 46.6 Å². The fourth-order valence-corrected chi connectivity index (χ4v) is 5.58. The number of esters is 2. The van der Waals surface area contributed by atoms with Crippen molar-refractivity contribution in [2.75, 3.05) is 18.3 Å². The summed E-state index contributed by atoms with van der Waals surface area (Å²) < 4.78 is 14.2. The lowest BCUT2D eigenvalue weighted by atomic mass is 9.98. The Morgan fingerprint density at radius 3 is 2.44 bits per heavy atom. The van der Waals surface area contributed by atoms with Crippen LogP contribution < -0.4 is 16.8 Å². The molecule has 0 saturated carbocycles. The number of fused-ring (bicyclic) bond motifs is 1. The number of nitrogen functional groups attached to an aromatic ring is 1. The Labute approximate surface area is 262 Å². The summed E-state index contributed by atoms with van der Waals surface area (Å²) in [7, 11) is 0. The number of rotatable bonds is 10. The van der Waals surface area contributed by atoms with E-state index in [0.29, 0.717) is 17.9 Å². The van der Waals surface area contributed by atoms with Gasteiger partial charge in [0.15, 0.2) is 5.13 Å². The first-order valence-electron chi connectivity index (χ1n) is 12.8. The van der Waals surface area contributed by atoms with Crippen molar-refractivity contribution in [2.24, 2.45) is 16.3 Å². The number of aromatic nitrogens is 2. The van der Waals surface area contributed by atoms with Gasteiger partial charge in [-0.05, 0) is 44.4 Å². The number of carbonyl (C=O) groups excluding carboxylic acids is 4. The van der Waals surface area contributed by atoms with Gasteiger partial charge in [-0.15, -0.1) is 24.2 Å². The number of ether oxygens (including phenoxy) is 2. The summed E-state index contributed by atoms with van der Waals surface area (Å²) in [5, 5.41) is 6.14. The van der Waals surface area contributed by atoms with E-state index in [9.17, 15) is 19.2 Å². The number of hydrogen-bond donors (Lipinski definition) is 3. The van der Waals surface area contributed by atoms with Gasteiger partial charge in [0.05, 0.1) is 5.41 Å². The Bertz CT molecular complexity index is 1440. The second kappa shape index (κ2) is 14.2. The average Bonchev–Trinajstić information content (AvgIpc) is 3.38. The van der Waals surface area contributed by atoms with Gasteiger partial charge in [-0.2, -0.15) is 9.36 Å². The molecule has 3 heterocycles. The first-order valence-corrected chi connectivity index (χ1v) is 14.6. The number of halogens is 1. The summed E-state index contributed by atoms with van der Waals surface area (Å²) in [4.78, 5) is 62.0. The molecule has 1 saturated heterocycles. The predicted molar refractivity (Wildman–Crippen MR) is 161 cm³/mol. The highest BCUT2D eigenvalue weighted by atomic mass is 35.5. The van der Waals surface area contributed by atoms with Crippen molar-refractivity contribution >= 4 is 70.3 Å². The number of thioether (sulfide) groups is 1. The molecule has 1 fully saturated rings. The zero-order chi connectivity index (χ0) is 30.6. The Balaban J connectivity index is 0.00000506. The summed E-state index contributed by atoms with van der Waals surface area (Å²) in [6.07, 6.45) is 0. The van der Waals surface area contributed by atoms with Crippen molar-refractivity contribution in [1.82, 2.24) is 19.6 Å². The van der Waals surface area contributed by atoms with Crippen LogP contribution in [0.25, 0.3) is 0 Å². The average molecular weight is 654 g/mol. The van der Waals surface area contributed by atoms with Crippen LogP contribution in [0.15, 0.2) is 40.7 Å². The third-order valence-electron chi connectivity index (χ3n) is 6.15. The molecule has 2 unspecified atom stereocenters. The maximum absolute atomic E-state index is 13.3. The minimum absolute atomic E-state index is 0. The lowest BCUT2D eigenvalue weighted by Crippen LogP contribution is -2.71. The van der Waals surface area contributed by atoms with E-state index >= 15 is 0 Å². The van der Waals surface area contributed by atoms with Crippen molar-refractivity contribution < 1.29 is 33.5 Å². The van der Waals surface area contributed by atoms with Crippen LogP contribution in [-0.4, -0.2) is 67.7 Å². The number of oxime groups is 1. The number of nitrogens with zero attached hydrogens (tertiary/aromatic N) is 4. The van der Waals surface area contributed by atoms with Crippen LogP contribution in [0, 0.1) is 5.41 Å². The van der Waals surface area contributed by atoms with E-state index in [1.54, 1.807) is 27.7 Å². The minimum atomic E-state index is -0.970. The van der Waals surface area contributed by atoms with E-state index in [4.69, 9.17) is 25.8 Å². The molecule has 17 heteroatoms. The smallest absolute Gasteiger partial charge is 0.357 e. The highest BCUT2D eigenvalue weighted by Crippen LogP contribution is 2.40. The molecular formula is C26H32ClN7O7S2. The van der Waals surface area contributed by atoms with E-state index in [-0.39, 0.29) is 41.4 Å². The number of amides is 2. The van der Waals surface area contributed by atoms with Crippen LogP contribution in [0.4, 0.5) is 5.13 Å². The maximum atomic E-state index is 13.3. The molecule has 2 atom stereocenters. The Hall–Kier alpha value is -3.73. The van der Waals surface area contributed by atoms with E-state index in [2.05, 4.69) is 19.8 Å². The Kier molecular flexibility index (Phi) is 11.1. The zero-order valence-corrected chi connectivity index (χ0v) is 26.3. The van der Waals surface area contributed by atoms with E-state index < -0.39 is 47.4 Å². The van der Waals surface area contributed by atoms with Gasteiger partial charge in [0.1, 0.15) is 23.7 Å². The van der Waals surface area contributed by atoms with Gasteiger partial charge in [0, 0.05) is 23.8 Å². The van der Waals surface area contributed by atoms with Crippen LogP contribution in [0.2, 0.25) is 0 Å². The Morgan fingerprint density at radius 2 is 1.84 bits per heavy atom. The summed E-state index contributed by atoms with van der Waals surface area (Å²) in [5.74, 6) is -2.28. The summed E-state index contributed by atoms with van der Waals surface area (Å²) in [5.41, 5.74) is 12.7. The molecular weight excluding hydrogens is 622 g/mol. The first-order chi connectivity index (χ1) is 19.9. The molecule has 2 amide bonds. The standard InChI is InChI=1S/C26H31N7O7S2.ClH/c1-13-11-41-22-17(21(35)33(22)18(13)23(36)38-12-39-24(37)26(2,3)4)29-20(34)16(19-30-25(28)42-32-19)31-40-10-15-7-5-14(9-27)6-8-15;/h5-8,17,22H,9-12,27H2,1-4H3,(H,29,34)(H2,28,30,32);1H/b31-16+;. The molecule has 0 radical (unpaired) electrons. The van der Waals surface area contributed by atoms with Crippen LogP contribution in [0.1, 0.15) is 44.6 Å². The Morgan fingerprint density at radius 1 is 1.16 bits per heavy atom. The van der Waals surface area contributed by atoms with E-state index in [0.717, 1.165) is 22.7 Å². The molecule has 232 valence electrons. The highest BCUT2D eigenvalue weighted by molar-refractivity contribution is 8.00. The van der Waals surface area contributed by atoms with Crippen molar-refractivity contribution in [3.63, 3.8) is 0 Å². The number of β-lactam (4-membered cyclic amide) rings is 1. The number of nitrogens with two attached hydrogens (primary N) is 2. The van der Waals surface area contributed by atoms with Crippen molar-refractivity contribution in [1.29, 1.82) is 0 Å². The third kappa shape index (κ3) is 7.81. The second-order valence-electron chi connectivity index (χ2n) is 10.4. The molecule has 0 bridgehead atoms. The number of nitrogens with one attached hydrogen (secondary N) is 1. The molecule has 1 aromatic heterocycles.